The molecule has 1 amide bonds. The van der Waals surface area contributed by atoms with Gasteiger partial charge in [0.05, 0.1) is 22.8 Å². The first-order chi connectivity index (χ1) is 11.4. The maximum atomic E-state index is 12.3. The number of rotatable bonds is 1. The Morgan fingerprint density at radius 1 is 1.17 bits per heavy atom. The lowest BCUT2D eigenvalue weighted by molar-refractivity contribution is -0.116. The summed E-state index contributed by atoms with van der Waals surface area (Å²) in [5, 5.41) is 7.51. The lowest BCUT2D eigenvalue weighted by Gasteiger charge is -2.28. The predicted octanol–water partition coefficient (Wildman–Crippen LogP) is 3.06. The normalized spacial score (nSPS) is 17.6. The highest BCUT2D eigenvalue weighted by molar-refractivity contribution is 5.95. The molecule has 4 rings (SSSR count). The van der Waals surface area contributed by atoms with Crippen molar-refractivity contribution < 1.29 is 4.79 Å². The minimum Gasteiger partial charge on any atom is -0.311 e. The fourth-order valence-corrected chi connectivity index (χ4v) is 3.30. The molecule has 6 heteroatoms. The Labute approximate surface area is 139 Å². The molecule has 0 saturated heterocycles. The number of fused-ring (bicyclic) bond motifs is 2. The number of amides is 1. The van der Waals surface area contributed by atoms with Crippen LogP contribution in [0.4, 0.5) is 5.82 Å². The van der Waals surface area contributed by atoms with Crippen molar-refractivity contribution >= 4 is 22.8 Å². The zero-order chi connectivity index (χ0) is 16.9. The average molecular weight is 321 g/mol. The number of hydrogen-bond acceptors (Lipinski definition) is 4. The van der Waals surface area contributed by atoms with E-state index in [9.17, 15) is 4.79 Å². The number of carbonyl (C=O) groups is 1. The van der Waals surface area contributed by atoms with E-state index in [0.29, 0.717) is 6.42 Å². The molecule has 0 unspecified atom stereocenters. The van der Waals surface area contributed by atoms with Crippen molar-refractivity contribution in [3.05, 3.63) is 47.9 Å². The summed E-state index contributed by atoms with van der Waals surface area (Å²) in [6.07, 6.45) is 5.62. The van der Waals surface area contributed by atoms with E-state index < -0.39 is 0 Å². The van der Waals surface area contributed by atoms with Gasteiger partial charge in [0.1, 0.15) is 5.82 Å². The van der Waals surface area contributed by atoms with Crippen LogP contribution in [0.25, 0.3) is 11.0 Å². The van der Waals surface area contributed by atoms with E-state index in [-0.39, 0.29) is 17.4 Å². The molecule has 1 aromatic carbocycles. The van der Waals surface area contributed by atoms with Crippen LogP contribution in [0, 0.1) is 0 Å². The predicted molar refractivity (Wildman–Crippen MR) is 91.9 cm³/mol. The molecule has 0 radical (unpaired) electrons. The first-order valence-electron chi connectivity index (χ1n) is 8.03. The average Bonchev–Trinajstić information content (AvgIpc) is 2.97. The van der Waals surface area contributed by atoms with Crippen LogP contribution in [0.15, 0.2) is 36.8 Å². The first kappa shape index (κ1) is 14.8. The Hall–Kier alpha value is -2.76. The summed E-state index contributed by atoms with van der Waals surface area (Å²) in [6.45, 7) is 6.21. The van der Waals surface area contributed by atoms with Crippen LogP contribution < -0.4 is 5.32 Å². The maximum Gasteiger partial charge on any atom is 0.226 e. The monoisotopic (exact) mass is 321 g/mol. The molecule has 0 bridgehead atoms. The minimum absolute atomic E-state index is 0.000562. The molecule has 0 aliphatic carbocycles. The third-order valence-electron chi connectivity index (χ3n) is 4.36. The van der Waals surface area contributed by atoms with Crippen molar-refractivity contribution in [2.75, 3.05) is 5.32 Å². The number of hydrogen-bond donors (Lipinski definition) is 1. The van der Waals surface area contributed by atoms with E-state index in [4.69, 9.17) is 0 Å². The van der Waals surface area contributed by atoms with E-state index in [2.05, 4.69) is 41.2 Å². The molecule has 1 N–H and O–H groups in total. The molecule has 122 valence electrons. The molecular formula is C18H19N5O. The van der Waals surface area contributed by atoms with Crippen LogP contribution in [0.2, 0.25) is 0 Å². The Balaban J connectivity index is 1.92. The largest absolute Gasteiger partial charge is 0.311 e. The molecule has 3 heterocycles. The van der Waals surface area contributed by atoms with Crippen LogP contribution >= 0.6 is 0 Å². The molecule has 0 spiro atoms. The summed E-state index contributed by atoms with van der Waals surface area (Å²) >= 11 is 0. The van der Waals surface area contributed by atoms with Crippen LogP contribution in [0.5, 0.6) is 0 Å². The van der Waals surface area contributed by atoms with Crippen LogP contribution in [0.3, 0.4) is 0 Å². The molecule has 0 saturated carbocycles. The van der Waals surface area contributed by atoms with E-state index in [1.54, 1.807) is 12.4 Å². The molecule has 1 atom stereocenters. The van der Waals surface area contributed by atoms with Gasteiger partial charge in [-0.3, -0.25) is 14.8 Å². The van der Waals surface area contributed by atoms with Crippen molar-refractivity contribution in [2.24, 2.45) is 0 Å². The van der Waals surface area contributed by atoms with E-state index in [1.807, 2.05) is 29.1 Å². The summed E-state index contributed by atoms with van der Waals surface area (Å²) in [4.78, 5) is 21.2. The molecule has 3 aromatic rings. The number of anilines is 1. The number of carbonyl (C=O) groups excluding carboxylic acids is 1. The number of aromatic nitrogens is 4. The van der Waals surface area contributed by atoms with Crippen molar-refractivity contribution in [3.8, 4) is 0 Å². The van der Waals surface area contributed by atoms with Gasteiger partial charge in [-0.2, -0.15) is 5.10 Å². The summed E-state index contributed by atoms with van der Waals surface area (Å²) in [6, 6.07) is 5.93. The second-order valence-corrected chi connectivity index (χ2v) is 7.11. The Morgan fingerprint density at radius 2 is 1.96 bits per heavy atom. The number of nitrogens with zero attached hydrogens (tertiary/aromatic N) is 4. The van der Waals surface area contributed by atoms with Crippen LogP contribution in [-0.4, -0.2) is 25.7 Å². The Bertz CT molecular complexity index is 933. The summed E-state index contributed by atoms with van der Waals surface area (Å²) in [5.41, 5.74) is 3.52. The van der Waals surface area contributed by atoms with Gasteiger partial charge in [-0.1, -0.05) is 12.1 Å². The SMILES string of the molecule is CC(C)(C)n1ncc2c1NC(=O)C[C@H]2c1cccc2nccnc12. The zero-order valence-electron chi connectivity index (χ0n) is 13.9. The second kappa shape index (κ2) is 5.12. The van der Waals surface area contributed by atoms with Crippen molar-refractivity contribution in [1.82, 2.24) is 19.7 Å². The van der Waals surface area contributed by atoms with Gasteiger partial charge in [-0.15, -0.1) is 0 Å². The second-order valence-electron chi connectivity index (χ2n) is 7.11. The van der Waals surface area contributed by atoms with Crippen LogP contribution in [0.1, 0.15) is 44.2 Å². The number of benzene rings is 1. The highest BCUT2D eigenvalue weighted by atomic mass is 16.1. The molecule has 24 heavy (non-hydrogen) atoms. The van der Waals surface area contributed by atoms with Crippen LogP contribution in [-0.2, 0) is 10.3 Å². The van der Waals surface area contributed by atoms with E-state index in [0.717, 1.165) is 28.0 Å². The lowest BCUT2D eigenvalue weighted by atomic mass is 9.86. The van der Waals surface area contributed by atoms with Gasteiger partial charge < -0.3 is 5.32 Å². The highest BCUT2D eigenvalue weighted by Crippen LogP contribution is 2.40. The Morgan fingerprint density at radius 3 is 2.75 bits per heavy atom. The lowest BCUT2D eigenvalue weighted by Crippen LogP contribution is -2.30. The molecule has 1 aliphatic heterocycles. The fraction of sp³-hybridized carbons (Fsp3) is 0.333. The van der Waals surface area contributed by atoms with E-state index in [1.165, 1.54) is 0 Å². The molecule has 2 aromatic heterocycles. The van der Waals surface area contributed by atoms with Crippen molar-refractivity contribution in [3.63, 3.8) is 0 Å². The van der Waals surface area contributed by atoms with Gasteiger partial charge >= 0.3 is 0 Å². The van der Waals surface area contributed by atoms with Gasteiger partial charge in [0, 0.05) is 30.3 Å². The van der Waals surface area contributed by atoms with Gasteiger partial charge in [0.2, 0.25) is 5.91 Å². The maximum absolute atomic E-state index is 12.3. The van der Waals surface area contributed by atoms with Crippen molar-refractivity contribution in [2.45, 2.75) is 38.6 Å². The topological polar surface area (TPSA) is 72.7 Å². The quantitative estimate of drug-likeness (QED) is 0.747. The smallest absolute Gasteiger partial charge is 0.226 e. The van der Waals surface area contributed by atoms with Gasteiger partial charge in [-0.25, -0.2) is 4.68 Å². The summed E-state index contributed by atoms with van der Waals surface area (Å²) < 4.78 is 1.88. The molecular weight excluding hydrogens is 302 g/mol. The third kappa shape index (κ3) is 2.26. The summed E-state index contributed by atoms with van der Waals surface area (Å²) in [7, 11) is 0. The summed E-state index contributed by atoms with van der Waals surface area (Å²) in [5.74, 6) is 0.717. The molecule has 6 nitrogen and oxygen atoms in total. The van der Waals surface area contributed by atoms with Gasteiger partial charge in [0.25, 0.3) is 0 Å². The first-order valence-corrected chi connectivity index (χ1v) is 8.03. The molecule has 0 fully saturated rings. The Kier molecular flexibility index (Phi) is 3.16. The molecule has 1 aliphatic rings. The van der Waals surface area contributed by atoms with E-state index >= 15 is 0 Å². The standard InChI is InChI=1S/C18H19N5O/c1-18(2,3)23-17-13(10-21-23)12(9-15(24)22-17)11-5-4-6-14-16(11)20-8-7-19-14/h4-8,10,12H,9H2,1-3H3,(H,22,24)/t12-/m0/s1. The van der Waals surface area contributed by atoms with Gasteiger partial charge in [-0.05, 0) is 32.4 Å². The number of para-hydroxylation sites is 1. The van der Waals surface area contributed by atoms with Crippen molar-refractivity contribution in [1.29, 1.82) is 0 Å². The number of nitrogens with one attached hydrogen (secondary N) is 1. The minimum atomic E-state index is -0.207. The highest BCUT2D eigenvalue weighted by Gasteiger charge is 2.33. The fourth-order valence-electron chi connectivity index (χ4n) is 3.30. The van der Waals surface area contributed by atoms with Gasteiger partial charge in [0.15, 0.2) is 0 Å². The third-order valence-corrected chi connectivity index (χ3v) is 4.36. The zero-order valence-corrected chi connectivity index (χ0v) is 13.9.